The summed E-state index contributed by atoms with van der Waals surface area (Å²) in [4.78, 5) is 27.6. The standard InChI is InChI=1S/C17H32N2O2/c1-8-12-14(20)18-13(16(5,6)7)15(21)19(12)17(9-2,10-3)11-4/h12-13H,8-11H2,1-7H3,(H,18,20). The van der Waals surface area contributed by atoms with Gasteiger partial charge in [0.15, 0.2) is 0 Å². The molecule has 2 amide bonds. The van der Waals surface area contributed by atoms with E-state index < -0.39 is 6.04 Å². The van der Waals surface area contributed by atoms with Gasteiger partial charge in [0.2, 0.25) is 11.8 Å². The smallest absolute Gasteiger partial charge is 0.246 e. The van der Waals surface area contributed by atoms with E-state index in [1.807, 2.05) is 32.6 Å². The van der Waals surface area contributed by atoms with Crippen molar-refractivity contribution in [2.75, 3.05) is 0 Å². The lowest BCUT2D eigenvalue weighted by Crippen LogP contribution is -2.71. The van der Waals surface area contributed by atoms with Crippen molar-refractivity contribution in [2.45, 2.75) is 91.8 Å². The molecule has 122 valence electrons. The van der Waals surface area contributed by atoms with Crippen LogP contribution in [-0.4, -0.2) is 34.3 Å². The van der Waals surface area contributed by atoms with Crippen LogP contribution in [0.1, 0.15) is 74.1 Å². The number of rotatable bonds is 5. The lowest BCUT2D eigenvalue weighted by molar-refractivity contribution is -0.161. The normalized spacial score (nSPS) is 24.2. The molecule has 0 aliphatic carbocycles. The Morgan fingerprint density at radius 1 is 1.00 bits per heavy atom. The van der Waals surface area contributed by atoms with E-state index in [9.17, 15) is 9.59 Å². The van der Waals surface area contributed by atoms with Crippen LogP contribution in [0.5, 0.6) is 0 Å². The first kappa shape index (κ1) is 18.0. The maximum Gasteiger partial charge on any atom is 0.246 e. The summed E-state index contributed by atoms with van der Waals surface area (Å²) in [6.45, 7) is 14.3. The Labute approximate surface area is 129 Å². The topological polar surface area (TPSA) is 49.4 Å². The highest BCUT2D eigenvalue weighted by Crippen LogP contribution is 2.36. The number of amides is 2. The first-order chi connectivity index (χ1) is 9.68. The minimum atomic E-state index is -0.433. The average molecular weight is 296 g/mol. The molecular formula is C17H32N2O2. The molecule has 0 radical (unpaired) electrons. The molecule has 4 heteroatoms. The van der Waals surface area contributed by atoms with E-state index >= 15 is 0 Å². The fourth-order valence-corrected chi connectivity index (χ4v) is 3.49. The van der Waals surface area contributed by atoms with Gasteiger partial charge in [0.1, 0.15) is 12.1 Å². The van der Waals surface area contributed by atoms with E-state index in [0.29, 0.717) is 6.42 Å². The molecule has 4 nitrogen and oxygen atoms in total. The molecule has 2 unspecified atom stereocenters. The van der Waals surface area contributed by atoms with Gasteiger partial charge >= 0.3 is 0 Å². The number of hydrogen-bond acceptors (Lipinski definition) is 2. The summed E-state index contributed by atoms with van der Waals surface area (Å²) in [5.74, 6) is 0.0799. The van der Waals surface area contributed by atoms with Crippen molar-refractivity contribution in [3.8, 4) is 0 Å². The number of nitrogens with zero attached hydrogens (tertiary/aromatic N) is 1. The van der Waals surface area contributed by atoms with E-state index in [1.54, 1.807) is 0 Å². The molecule has 0 aromatic rings. The van der Waals surface area contributed by atoms with E-state index in [0.717, 1.165) is 19.3 Å². The number of piperazine rings is 1. The summed E-state index contributed by atoms with van der Waals surface area (Å²) in [6, 6.07) is -0.771. The van der Waals surface area contributed by atoms with Crippen LogP contribution in [0.4, 0.5) is 0 Å². The lowest BCUT2D eigenvalue weighted by atomic mass is 9.79. The fourth-order valence-electron chi connectivity index (χ4n) is 3.49. The van der Waals surface area contributed by atoms with Crippen LogP contribution in [0.25, 0.3) is 0 Å². The van der Waals surface area contributed by atoms with Crippen molar-refractivity contribution in [3.05, 3.63) is 0 Å². The second kappa shape index (κ2) is 6.37. The highest BCUT2D eigenvalue weighted by Gasteiger charge is 2.50. The maximum atomic E-state index is 13.1. The van der Waals surface area contributed by atoms with Gasteiger partial charge in [-0.3, -0.25) is 9.59 Å². The lowest BCUT2D eigenvalue weighted by Gasteiger charge is -2.52. The molecule has 1 aliphatic heterocycles. The van der Waals surface area contributed by atoms with Crippen molar-refractivity contribution >= 4 is 11.8 Å². The second-order valence-electron chi connectivity index (χ2n) is 7.22. The maximum absolute atomic E-state index is 13.1. The third-order valence-electron chi connectivity index (χ3n) is 5.12. The molecule has 0 bridgehead atoms. The zero-order chi connectivity index (χ0) is 16.4. The van der Waals surface area contributed by atoms with Crippen molar-refractivity contribution < 1.29 is 9.59 Å². The zero-order valence-corrected chi connectivity index (χ0v) is 14.7. The predicted molar refractivity (Wildman–Crippen MR) is 85.9 cm³/mol. The Balaban J connectivity index is 3.33. The van der Waals surface area contributed by atoms with Gasteiger partial charge in [0.05, 0.1) is 0 Å². The largest absolute Gasteiger partial charge is 0.342 e. The number of carbonyl (C=O) groups excluding carboxylic acids is 2. The van der Waals surface area contributed by atoms with Gasteiger partial charge in [-0.25, -0.2) is 0 Å². The summed E-state index contributed by atoms with van der Waals surface area (Å²) in [5, 5.41) is 2.95. The van der Waals surface area contributed by atoms with E-state index in [-0.39, 0.29) is 28.8 Å². The number of nitrogens with one attached hydrogen (secondary N) is 1. The predicted octanol–water partition coefficient (Wildman–Crippen LogP) is 3.11. The van der Waals surface area contributed by atoms with Crippen molar-refractivity contribution in [2.24, 2.45) is 5.41 Å². The molecule has 2 atom stereocenters. The van der Waals surface area contributed by atoms with Crippen LogP contribution in [0.15, 0.2) is 0 Å². The summed E-state index contributed by atoms with van der Waals surface area (Å²) >= 11 is 0. The van der Waals surface area contributed by atoms with Gasteiger partial charge in [0, 0.05) is 5.54 Å². The summed E-state index contributed by atoms with van der Waals surface area (Å²) < 4.78 is 0. The van der Waals surface area contributed by atoms with E-state index in [4.69, 9.17) is 0 Å². The highest BCUT2D eigenvalue weighted by molar-refractivity contribution is 5.97. The van der Waals surface area contributed by atoms with Gasteiger partial charge in [0.25, 0.3) is 0 Å². The van der Waals surface area contributed by atoms with Crippen LogP contribution in [-0.2, 0) is 9.59 Å². The summed E-state index contributed by atoms with van der Waals surface area (Å²) in [7, 11) is 0. The molecule has 1 saturated heterocycles. The Bertz CT molecular complexity index is 386. The molecule has 1 aliphatic rings. The molecule has 1 rings (SSSR count). The minimum Gasteiger partial charge on any atom is -0.342 e. The van der Waals surface area contributed by atoms with Crippen molar-refractivity contribution in [1.29, 1.82) is 0 Å². The molecule has 0 saturated carbocycles. The first-order valence-electron chi connectivity index (χ1n) is 8.32. The summed E-state index contributed by atoms with van der Waals surface area (Å²) in [5.41, 5.74) is -0.482. The van der Waals surface area contributed by atoms with Crippen LogP contribution in [0.3, 0.4) is 0 Å². The molecule has 0 spiro atoms. The van der Waals surface area contributed by atoms with Gasteiger partial charge in [-0.2, -0.15) is 0 Å². The Morgan fingerprint density at radius 2 is 1.48 bits per heavy atom. The monoisotopic (exact) mass is 296 g/mol. The molecular weight excluding hydrogens is 264 g/mol. The van der Waals surface area contributed by atoms with Gasteiger partial charge in [-0.1, -0.05) is 48.5 Å². The Morgan fingerprint density at radius 3 is 1.81 bits per heavy atom. The highest BCUT2D eigenvalue weighted by atomic mass is 16.2. The Kier molecular flexibility index (Phi) is 5.46. The third-order valence-corrected chi connectivity index (χ3v) is 5.12. The third kappa shape index (κ3) is 3.09. The van der Waals surface area contributed by atoms with Gasteiger partial charge < -0.3 is 10.2 Å². The van der Waals surface area contributed by atoms with Crippen molar-refractivity contribution in [3.63, 3.8) is 0 Å². The SMILES string of the molecule is CCC1C(=O)NC(C(C)(C)C)C(=O)N1C(CC)(CC)CC. The van der Waals surface area contributed by atoms with Crippen LogP contribution < -0.4 is 5.32 Å². The van der Waals surface area contributed by atoms with Crippen LogP contribution in [0.2, 0.25) is 0 Å². The Hall–Kier alpha value is -1.06. The molecule has 1 N–H and O–H groups in total. The van der Waals surface area contributed by atoms with Crippen LogP contribution >= 0.6 is 0 Å². The fraction of sp³-hybridized carbons (Fsp3) is 0.882. The molecule has 21 heavy (non-hydrogen) atoms. The molecule has 0 aromatic heterocycles. The quantitative estimate of drug-likeness (QED) is 0.847. The van der Waals surface area contributed by atoms with Gasteiger partial charge in [-0.05, 0) is 31.1 Å². The molecule has 1 fully saturated rings. The number of carbonyl (C=O) groups is 2. The second-order valence-corrected chi connectivity index (χ2v) is 7.22. The zero-order valence-electron chi connectivity index (χ0n) is 14.7. The van der Waals surface area contributed by atoms with Crippen LogP contribution in [0, 0.1) is 5.41 Å². The average Bonchev–Trinajstić information content (AvgIpc) is 2.43. The molecule has 0 aromatic carbocycles. The first-order valence-corrected chi connectivity index (χ1v) is 8.32. The van der Waals surface area contributed by atoms with E-state index in [2.05, 4.69) is 26.1 Å². The van der Waals surface area contributed by atoms with E-state index in [1.165, 1.54) is 0 Å². The molecule has 1 heterocycles. The minimum absolute atomic E-state index is 0.00301. The van der Waals surface area contributed by atoms with Gasteiger partial charge in [-0.15, -0.1) is 0 Å². The number of hydrogen-bond donors (Lipinski definition) is 1. The van der Waals surface area contributed by atoms with Crippen molar-refractivity contribution in [1.82, 2.24) is 10.2 Å². The summed E-state index contributed by atoms with van der Waals surface area (Å²) in [6.07, 6.45) is 3.31.